The fourth-order valence-electron chi connectivity index (χ4n) is 2.24. The molecule has 0 aliphatic carbocycles. The Morgan fingerprint density at radius 1 is 1.50 bits per heavy atom. The van der Waals surface area contributed by atoms with Crippen molar-refractivity contribution in [3.63, 3.8) is 0 Å². The van der Waals surface area contributed by atoms with Gasteiger partial charge in [-0.3, -0.25) is 9.59 Å². The molecule has 1 aliphatic rings. The molecule has 0 bridgehead atoms. The minimum absolute atomic E-state index is 0.216. The van der Waals surface area contributed by atoms with Gasteiger partial charge in [0.25, 0.3) is 5.91 Å². The van der Waals surface area contributed by atoms with Gasteiger partial charge < -0.3 is 15.0 Å². The largest absolute Gasteiger partial charge is 0.480 e. The predicted octanol–water partition coefficient (Wildman–Crippen LogP) is 0.454. The molecule has 2 rings (SSSR count). The third-order valence-electron chi connectivity index (χ3n) is 3.37. The first kappa shape index (κ1) is 12.3. The Hall–Kier alpha value is -2.11. The minimum atomic E-state index is -1.18. The number of nitrogens with one attached hydrogen (secondary N) is 1. The molecule has 1 fully saturated rings. The summed E-state index contributed by atoms with van der Waals surface area (Å²) in [5.74, 6) is -1.43. The molecule has 0 radical (unpaired) electrons. The van der Waals surface area contributed by atoms with Crippen LogP contribution < -0.4 is 5.56 Å². The van der Waals surface area contributed by atoms with Gasteiger partial charge in [0.05, 0.1) is 0 Å². The maximum Gasteiger partial charge on any atom is 0.329 e. The minimum Gasteiger partial charge on any atom is -0.480 e. The van der Waals surface area contributed by atoms with E-state index in [-0.39, 0.29) is 11.1 Å². The molecule has 0 aromatic carbocycles. The molecule has 2 N–H and O–H groups in total. The fraction of sp³-hybridized carbons (Fsp3) is 0.417. The van der Waals surface area contributed by atoms with E-state index in [4.69, 9.17) is 0 Å². The highest BCUT2D eigenvalue weighted by molar-refractivity contribution is 5.98. The highest BCUT2D eigenvalue weighted by Crippen LogP contribution is 2.30. The molecule has 1 aliphatic heterocycles. The quantitative estimate of drug-likeness (QED) is 0.797. The molecule has 1 aromatic heterocycles. The van der Waals surface area contributed by atoms with E-state index in [0.717, 1.165) is 0 Å². The SMILES string of the molecule is CC1(C(=O)O)CCCN1C(=O)c1cc[nH]c(=O)c1. The van der Waals surface area contributed by atoms with Gasteiger partial charge in [0.15, 0.2) is 0 Å². The Bertz CT molecular complexity index is 551. The lowest BCUT2D eigenvalue weighted by molar-refractivity contribution is -0.147. The summed E-state index contributed by atoms with van der Waals surface area (Å²) in [5.41, 5.74) is -1.34. The van der Waals surface area contributed by atoms with Crippen molar-refractivity contribution in [1.82, 2.24) is 9.88 Å². The molecule has 0 saturated carbocycles. The number of rotatable bonds is 2. The number of hydrogen-bond acceptors (Lipinski definition) is 3. The number of aliphatic carboxylic acids is 1. The van der Waals surface area contributed by atoms with Crippen molar-refractivity contribution in [2.45, 2.75) is 25.3 Å². The van der Waals surface area contributed by atoms with Gasteiger partial charge in [-0.15, -0.1) is 0 Å². The summed E-state index contributed by atoms with van der Waals surface area (Å²) in [4.78, 5) is 38.4. The average Bonchev–Trinajstić information content (AvgIpc) is 2.72. The van der Waals surface area contributed by atoms with Gasteiger partial charge in [0, 0.05) is 24.4 Å². The Morgan fingerprint density at radius 3 is 2.83 bits per heavy atom. The number of aromatic amines is 1. The van der Waals surface area contributed by atoms with E-state index < -0.39 is 17.4 Å². The molecule has 1 aromatic rings. The third-order valence-corrected chi connectivity index (χ3v) is 3.37. The lowest BCUT2D eigenvalue weighted by Crippen LogP contribution is -2.50. The lowest BCUT2D eigenvalue weighted by Gasteiger charge is -2.31. The molecular weight excluding hydrogens is 236 g/mol. The molecule has 1 saturated heterocycles. The van der Waals surface area contributed by atoms with Crippen LogP contribution in [0.15, 0.2) is 23.1 Å². The Balaban J connectivity index is 2.34. The van der Waals surface area contributed by atoms with E-state index in [9.17, 15) is 19.5 Å². The first-order chi connectivity index (χ1) is 8.45. The zero-order valence-corrected chi connectivity index (χ0v) is 9.97. The number of nitrogens with zero attached hydrogens (tertiary/aromatic N) is 1. The van der Waals surface area contributed by atoms with Crippen molar-refractivity contribution < 1.29 is 14.7 Å². The van der Waals surface area contributed by atoms with Gasteiger partial charge in [0.2, 0.25) is 5.56 Å². The summed E-state index contributed by atoms with van der Waals surface area (Å²) in [6.07, 6.45) is 2.46. The maximum absolute atomic E-state index is 12.2. The van der Waals surface area contributed by atoms with Crippen LogP contribution >= 0.6 is 0 Å². The van der Waals surface area contributed by atoms with Crippen molar-refractivity contribution in [1.29, 1.82) is 0 Å². The number of hydrogen-bond donors (Lipinski definition) is 2. The second-order valence-corrected chi connectivity index (χ2v) is 4.58. The van der Waals surface area contributed by atoms with Crippen LogP contribution in [0.1, 0.15) is 30.1 Å². The molecule has 6 nitrogen and oxygen atoms in total. The van der Waals surface area contributed by atoms with E-state index in [0.29, 0.717) is 19.4 Å². The summed E-state index contributed by atoms with van der Waals surface area (Å²) in [5, 5.41) is 9.23. The van der Waals surface area contributed by atoms with Gasteiger partial charge in [-0.1, -0.05) is 0 Å². The lowest BCUT2D eigenvalue weighted by atomic mass is 9.98. The van der Waals surface area contributed by atoms with Gasteiger partial charge in [-0.05, 0) is 25.8 Å². The van der Waals surface area contributed by atoms with Crippen LogP contribution in [0, 0.1) is 0 Å². The van der Waals surface area contributed by atoms with E-state index in [1.807, 2.05) is 0 Å². The second kappa shape index (κ2) is 4.29. The third kappa shape index (κ3) is 1.90. The molecule has 2 heterocycles. The van der Waals surface area contributed by atoms with E-state index in [2.05, 4.69) is 4.98 Å². The number of carbonyl (C=O) groups is 2. The van der Waals surface area contributed by atoms with Crippen molar-refractivity contribution in [3.05, 3.63) is 34.2 Å². The molecule has 18 heavy (non-hydrogen) atoms. The zero-order chi connectivity index (χ0) is 13.3. The van der Waals surface area contributed by atoms with Crippen LogP contribution in [0.4, 0.5) is 0 Å². The summed E-state index contributed by atoms with van der Waals surface area (Å²) in [6.45, 7) is 1.93. The standard InChI is InChI=1S/C12H14N2O4/c1-12(11(17)18)4-2-6-14(12)10(16)8-3-5-13-9(15)7-8/h3,5,7H,2,4,6H2,1H3,(H,13,15)(H,17,18). The molecule has 96 valence electrons. The number of H-pyrrole nitrogens is 1. The van der Waals surface area contributed by atoms with Crippen molar-refractivity contribution in [2.24, 2.45) is 0 Å². The number of aromatic nitrogens is 1. The van der Waals surface area contributed by atoms with Crippen LogP contribution in [0.25, 0.3) is 0 Å². The zero-order valence-electron chi connectivity index (χ0n) is 9.97. The van der Waals surface area contributed by atoms with Crippen LogP contribution in [-0.4, -0.2) is 39.0 Å². The number of carboxylic acids is 1. The number of carbonyl (C=O) groups excluding carboxylic acids is 1. The number of carboxylic acid groups (broad SMARTS) is 1. The predicted molar refractivity (Wildman–Crippen MR) is 63.4 cm³/mol. The van der Waals surface area contributed by atoms with Gasteiger partial charge in [0.1, 0.15) is 5.54 Å². The Morgan fingerprint density at radius 2 is 2.22 bits per heavy atom. The summed E-state index contributed by atoms with van der Waals surface area (Å²) in [7, 11) is 0. The molecule has 0 spiro atoms. The van der Waals surface area contributed by atoms with Crippen LogP contribution in [0.3, 0.4) is 0 Å². The van der Waals surface area contributed by atoms with Gasteiger partial charge in [-0.2, -0.15) is 0 Å². The normalized spacial score (nSPS) is 23.1. The molecule has 1 amide bonds. The number of pyridine rings is 1. The molecule has 1 unspecified atom stereocenters. The average molecular weight is 250 g/mol. The first-order valence-corrected chi connectivity index (χ1v) is 5.69. The summed E-state index contributed by atoms with van der Waals surface area (Å²) in [6, 6.07) is 2.66. The van der Waals surface area contributed by atoms with Gasteiger partial charge in [-0.25, -0.2) is 4.79 Å². The maximum atomic E-state index is 12.2. The Kier molecular flexibility index (Phi) is 2.94. The van der Waals surface area contributed by atoms with Crippen LogP contribution in [-0.2, 0) is 4.79 Å². The second-order valence-electron chi connectivity index (χ2n) is 4.58. The number of amides is 1. The summed E-state index contributed by atoms with van der Waals surface area (Å²) < 4.78 is 0. The highest BCUT2D eigenvalue weighted by atomic mass is 16.4. The first-order valence-electron chi connectivity index (χ1n) is 5.69. The topological polar surface area (TPSA) is 90.5 Å². The highest BCUT2D eigenvalue weighted by Gasteiger charge is 2.46. The molecule has 1 atom stereocenters. The van der Waals surface area contributed by atoms with E-state index >= 15 is 0 Å². The fourth-order valence-corrected chi connectivity index (χ4v) is 2.24. The van der Waals surface area contributed by atoms with Crippen LogP contribution in [0.5, 0.6) is 0 Å². The smallest absolute Gasteiger partial charge is 0.329 e. The van der Waals surface area contributed by atoms with Crippen molar-refractivity contribution in [3.8, 4) is 0 Å². The molecular formula is C12H14N2O4. The van der Waals surface area contributed by atoms with E-state index in [1.54, 1.807) is 0 Å². The van der Waals surface area contributed by atoms with E-state index in [1.165, 1.54) is 30.2 Å². The number of likely N-dealkylation sites (tertiary alicyclic amines) is 1. The summed E-state index contributed by atoms with van der Waals surface area (Å²) >= 11 is 0. The van der Waals surface area contributed by atoms with Crippen molar-refractivity contribution >= 4 is 11.9 Å². The van der Waals surface area contributed by atoms with Crippen molar-refractivity contribution in [2.75, 3.05) is 6.54 Å². The molecule has 6 heteroatoms. The Labute approximate surface area is 103 Å². The van der Waals surface area contributed by atoms with Crippen LogP contribution in [0.2, 0.25) is 0 Å². The monoisotopic (exact) mass is 250 g/mol. The van der Waals surface area contributed by atoms with Gasteiger partial charge >= 0.3 is 5.97 Å².